The molecular formula is C24H28N2O4S. The average Bonchev–Trinajstić information content (AvgIpc) is 2.78. The predicted molar refractivity (Wildman–Crippen MR) is 123 cm³/mol. The molecule has 0 aromatic heterocycles. The number of amides is 1. The zero-order valence-electron chi connectivity index (χ0n) is 18.0. The Balaban J connectivity index is 1.58. The summed E-state index contributed by atoms with van der Waals surface area (Å²) in [5.41, 5.74) is 0.817. The van der Waals surface area contributed by atoms with Gasteiger partial charge in [-0.15, -0.1) is 0 Å². The Labute approximate surface area is 183 Å². The molecule has 1 unspecified atom stereocenters. The van der Waals surface area contributed by atoms with E-state index in [2.05, 4.69) is 5.32 Å². The van der Waals surface area contributed by atoms with Crippen molar-refractivity contribution in [3.63, 3.8) is 0 Å². The van der Waals surface area contributed by atoms with Crippen LogP contribution in [0.3, 0.4) is 0 Å². The van der Waals surface area contributed by atoms with Crippen LogP contribution >= 0.6 is 0 Å². The zero-order chi connectivity index (χ0) is 22.4. The monoisotopic (exact) mass is 440 g/mol. The second-order valence-electron chi connectivity index (χ2n) is 7.25. The van der Waals surface area contributed by atoms with Gasteiger partial charge in [0.1, 0.15) is 5.75 Å². The maximum Gasteiger partial charge on any atom is 0.258 e. The quantitative estimate of drug-likeness (QED) is 0.543. The standard InChI is InChI=1S/C24H28N2O4S/c1-4-26(5-2)31(28,29)23-14-11-19(12-15-23)18(3)25-24(27)17-30-22-13-10-20-8-6-7-9-21(20)16-22/h6-16,18H,4-5,17H2,1-3H3,(H,25,27). The van der Waals surface area contributed by atoms with Gasteiger partial charge in [-0.05, 0) is 47.5 Å². The molecule has 1 N–H and O–H groups in total. The first-order chi connectivity index (χ1) is 14.8. The second-order valence-corrected chi connectivity index (χ2v) is 9.18. The third-order valence-corrected chi connectivity index (χ3v) is 7.26. The van der Waals surface area contributed by atoms with E-state index >= 15 is 0 Å². The highest BCUT2D eigenvalue weighted by Crippen LogP contribution is 2.21. The largest absolute Gasteiger partial charge is 0.484 e. The minimum Gasteiger partial charge on any atom is -0.484 e. The van der Waals surface area contributed by atoms with Crippen molar-refractivity contribution in [1.82, 2.24) is 9.62 Å². The highest BCUT2D eigenvalue weighted by molar-refractivity contribution is 7.89. The number of benzene rings is 3. The third-order valence-electron chi connectivity index (χ3n) is 5.19. The lowest BCUT2D eigenvalue weighted by Crippen LogP contribution is -2.31. The Hall–Kier alpha value is -2.90. The van der Waals surface area contributed by atoms with Gasteiger partial charge in [-0.3, -0.25) is 4.79 Å². The Morgan fingerprint density at radius 2 is 1.61 bits per heavy atom. The second kappa shape index (κ2) is 9.94. The van der Waals surface area contributed by atoms with Crippen molar-refractivity contribution in [3.8, 4) is 5.75 Å². The molecule has 1 atom stereocenters. The number of hydrogen-bond acceptors (Lipinski definition) is 4. The lowest BCUT2D eigenvalue weighted by atomic mass is 10.1. The van der Waals surface area contributed by atoms with Gasteiger partial charge in [-0.1, -0.05) is 56.3 Å². The third kappa shape index (κ3) is 5.42. The molecular weight excluding hydrogens is 412 g/mol. The molecule has 164 valence electrons. The van der Waals surface area contributed by atoms with E-state index in [0.29, 0.717) is 18.8 Å². The fraction of sp³-hybridized carbons (Fsp3) is 0.292. The van der Waals surface area contributed by atoms with Crippen molar-refractivity contribution in [3.05, 3.63) is 72.3 Å². The molecule has 0 fully saturated rings. The van der Waals surface area contributed by atoms with E-state index in [0.717, 1.165) is 16.3 Å². The van der Waals surface area contributed by atoms with Gasteiger partial charge in [-0.25, -0.2) is 8.42 Å². The van der Waals surface area contributed by atoms with Crippen LogP contribution in [0, 0.1) is 0 Å². The number of hydrogen-bond donors (Lipinski definition) is 1. The number of carbonyl (C=O) groups is 1. The first-order valence-corrected chi connectivity index (χ1v) is 11.8. The van der Waals surface area contributed by atoms with Gasteiger partial charge in [0.15, 0.2) is 6.61 Å². The van der Waals surface area contributed by atoms with Gasteiger partial charge < -0.3 is 10.1 Å². The Kier molecular flexibility index (Phi) is 7.30. The summed E-state index contributed by atoms with van der Waals surface area (Å²) in [5.74, 6) is 0.382. The smallest absolute Gasteiger partial charge is 0.258 e. The highest BCUT2D eigenvalue weighted by atomic mass is 32.2. The van der Waals surface area contributed by atoms with Gasteiger partial charge in [0, 0.05) is 13.1 Å². The minimum absolute atomic E-state index is 0.100. The minimum atomic E-state index is -3.50. The van der Waals surface area contributed by atoms with E-state index < -0.39 is 10.0 Å². The van der Waals surface area contributed by atoms with Crippen LogP contribution in [0.15, 0.2) is 71.6 Å². The average molecular weight is 441 g/mol. The molecule has 0 aliphatic carbocycles. The van der Waals surface area contributed by atoms with E-state index in [9.17, 15) is 13.2 Å². The van der Waals surface area contributed by atoms with Crippen molar-refractivity contribution >= 4 is 26.7 Å². The Morgan fingerprint density at radius 1 is 0.968 bits per heavy atom. The van der Waals surface area contributed by atoms with Crippen molar-refractivity contribution in [2.75, 3.05) is 19.7 Å². The summed E-state index contributed by atoms with van der Waals surface area (Å²) in [6, 6.07) is 20.0. The van der Waals surface area contributed by atoms with E-state index in [1.54, 1.807) is 24.3 Å². The normalized spacial score (nSPS) is 12.6. The summed E-state index contributed by atoms with van der Waals surface area (Å²) < 4.78 is 32.2. The van der Waals surface area contributed by atoms with E-state index in [1.807, 2.05) is 63.2 Å². The lowest BCUT2D eigenvalue weighted by molar-refractivity contribution is -0.123. The Morgan fingerprint density at radius 3 is 2.26 bits per heavy atom. The molecule has 3 aromatic rings. The number of sulfonamides is 1. The summed E-state index contributed by atoms with van der Waals surface area (Å²) in [6.45, 7) is 6.22. The molecule has 0 saturated heterocycles. The number of carbonyl (C=O) groups excluding carboxylic acids is 1. The Bertz CT molecular complexity index is 1140. The molecule has 0 aliphatic rings. The van der Waals surface area contributed by atoms with Crippen LogP contribution in [0.25, 0.3) is 10.8 Å². The summed E-state index contributed by atoms with van der Waals surface area (Å²) in [4.78, 5) is 12.6. The number of nitrogens with zero attached hydrogens (tertiary/aromatic N) is 1. The molecule has 0 aliphatic heterocycles. The molecule has 3 rings (SSSR count). The molecule has 0 saturated carbocycles. The zero-order valence-corrected chi connectivity index (χ0v) is 18.9. The molecule has 0 bridgehead atoms. The molecule has 6 nitrogen and oxygen atoms in total. The van der Waals surface area contributed by atoms with Crippen LogP contribution in [0.4, 0.5) is 0 Å². The fourth-order valence-electron chi connectivity index (χ4n) is 3.41. The molecule has 0 heterocycles. The summed E-state index contributed by atoms with van der Waals surface area (Å²) in [6.07, 6.45) is 0. The van der Waals surface area contributed by atoms with Gasteiger partial charge in [0.2, 0.25) is 10.0 Å². The van der Waals surface area contributed by atoms with Crippen molar-refractivity contribution in [2.24, 2.45) is 0 Å². The SMILES string of the molecule is CCN(CC)S(=O)(=O)c1ccc(C(C)NC(=O)COc2ccc3ccccc3c2)cc1. The van der Waals surface area contributed by atoms with Crippen LogP contribution in [-0.4, -0.2) is 38.3 Å². The summed E-state index contributed by atoms with van der Waals surface area (Å²) >= 11 is 0. The topological polar surface area (TPSA) is 75.7 Å². The molecule has 31 heavy (non-hydrogen) atoms. The first-order valence-electron chi connectivity index (χ1n) is 10.4. The fourth-order valence-corrected chi connectivity index (χ4v) is 4.87. The number of ether oxygens (including phenoxy) is 1. The van der Waals surface area contributed by atoms with Crippen molar-refractivity contribution in [1.29, 1.82) is 0 Å². The number of fused-ring (bicyclic) bond motifs is 1. The number of rotatable bonds is 9. The highest BCUT2D eigenvalue weighted by Gasteiger charge is 2.21. The predicted octanol–water partition coefficient (Wildman–Crippen LogP) is 4.13. The summed E-state index contributed by atoms with van der Waals surface area (Å²) in [7, 11) is -3.50. The van der Waals surface area contributed by atoms with E-state index in [4.69, 9.17) is 4.74 Å². The van der Waals surface area contributed by atoms with Gasteiger partial charge in [0.05, 0.1) is 10.9 Å². The molecule has 0 spiro atoms. The molecule has 3 aromatic carbocycles. The van der Waals surface area contributed by atoms with Gasteiger partial charge in [-0.2, -0.15) is 4.31 Å². The van der Waals surface area contributed by atoms with Crippen molar-refractivity contribution < 1.29 is 17.9 Å². The van der Waals surface area contributed by atoms with Crippen LogP contribution in [0.1, 0.15) is 32.4 Å². The lowest BCUT2D eigenvalue weighted by Gasteiger charge is -2.19. The van der Waals surface area contributed by atoms with Gasteiger partial charge >= 0.3 is 0 Å². The van der Waals surface area contributed by atoms with Crippen LogP contribution in [0.2, 0.25) is 0 Å². The van der Waals surface area contributed by atoms with E-state index in [1.165, 1.54) is 4.31 Å². The van der Waals surface area contributed by atoms with E-state index in [-0.39, 0.29) is 23.5 Å². The molecule has 0 radical (unpaired) electrons. The van der Waals surface area contributed by atoms with Gasteiger partial charge in [0.25, 0.3) is 5.91 Å². The van der Waals surface area contributed by atoms with Crippen LogP contribution in [-0.2, 0) is 14.8 Å². The molecule has 1 amide bonds. The first kappa shape index (κ1) is 22.8. The maximum absolute atomic E-state index is 12.6. The number of nitrogens with one attached hydrogen (secondary N) is 1. The van der Waals surface area contributed by atoms with Crippen molar-refractivity contribution in [2.45, 2.75) is 31.7 Å². The summed E-state index contributed by atoms with van der Waals surface area (Å²) in [5, 5.41) is 5.04. The molecule has 7 heteroatoms. The maximum atomic E-state index is 12.6. The van der Waals surface area contributed by atoms with Crippen LogP contribution in [0.5, 0.6) is 5.75 Å². The van der Waals surface area contributed by atoms with Crippen LogP contribution < -0.4 is 10.1 Å².